The molecular formula is C13H15NO3. The third kappa shape index (κ3) is 3.07. The minimum absolute atomic E-state index is 0.149. The molecule has 1 saturated heterocycles. The largest absolute Gasteiger partial charge is 0.440 e. The van der Waals surface area contributed by atoms with Gasteiger partial charge in [-0.2, -0.15) is 0 Å². The van der Waals surface area contributed by atoms with Gasteiger partial charge in [-0.3, -0.25) is 0 Å². The molecule has 0 radical (unpaired) electrons. The van der Waals surface area contributed by atoms with Crippen molar-refractivity contribution in [3.05, 3.63) is 48.6 Å². The van der Waals surface area contributed by atoms with Crippen molar-refractivity contribution >= 4 is 6.09 Å². The Kier molecular flexibility index (Phi) is 3.77. The van der Waals surface area contributed by atoms with Crippen LogP contribution in [0.15, 0.2) is 43.0 Å². The van der Waals surface area contributed by atoms with Crippen molar-refractivity contribution in [3.63, 3.8) is 0 Å². The third-order valence-electron chi connectivity index (χ3n) is 2.58. The molecule has 1 aromatic rings. The fourth-order valence-corrected chi connectivity index (χ4v) is 1.70. The van der Waals surface area contributed by atoms with E-state index in [2.05, 4.69) is 11.9 Å². The van der Waals surface area contributed by atoms with Crippen LogP contribution in [0.4, 0.5) is 4.79 Å². The molecule has 0 spiro atoms. The summed E-state index contributed by atoms with van der Waals surface area (Å²) in [5.41, 5.74) is 1.10. The number of carbonyl (C=O) groups excluding carboxylic acids is 1. The summed E-state index contributed by atoms with van der Waals surface area (Å²) < 4.78 is 10.5. The summed E-state index contributed by atoms with van der Waals surface area (Å²) in [5.74, 6) is 0. The Bertz CT molecular complexity index is 391. The highest BCUT2D eigenvalue weighted by molar-refractivity contribution is 5.70. The van der Waals surface area contributed by atoms with Crippen molar-refractivity contribution in [2.24, 2.45) is 0 Å². The fraction of sp³-hybridized carbons (Fsp3) is 0.308. The minimum Gasteiger partial charge on any atom is -0.440 e. The number of alkyl carbamates (subject to hydrolysis) is 1. The lowest BCUT2D eigenvalue weighted by atomic mass is 10.2. The van der Waals surface area contributed by atoms with Gasteiger partial charge in [0.1, 0.15) is 6.10 Å². The number of amides is 1. The van der Waals surface area contributed by atoms with Gasteiger partial charge in [0.05, 0.1) is 19.3 Å². The van der Waals surface area contributed by atoms with Crippen molar-refractivity contribution in [3.8, 4) is 0 Å². The van der Waals surface area contributed by atoms with E-state index in [1.54, 1.807) is 6.08 Å². The maximum Gasteiger partial charge on any atom is 0.408 e. The number of nitrogens with one attached hydrogen (secondary N) is 1. The zero-order valence-electron chi connectivity index (χ0n) is 9.46. The molecule has 17 heavy (non-hydrogen) atoms. The molecule has 1 heterocycles. The Morgan fingerprint density at radius 1 is 1.41 bits per heavy atom. The second-order valence-corrected chi connectivity index (χ2v) is 3.86. The van der Waals surface area contributed by atoms with Crippen molar-refractivity contribution < 1.29 is 14.3 Å². The summed E-state index contributed by atoms with van der Waals surface area (Å²) in [5, 5.41) is 2.68. The lowest BCUT2D eigenvalue weighted by Crippen LogP contribution is -2.35. The number of hydrogen-bond donors (Lipinski definition) is 1. The topological polar surface area (TPSA) is 47.6 Å². The van der Waals surface area contributed by atoms with E-state index in [4.69, 9.17) is 9.47 Å². The molecule has 0 unspecified atom stereocenters. The molecule has 1 fully saturated rings. The molecule has 4 heteroatoms. The highest BCUT2D eigenvalue weighted by Gasteiger charge is 2.31. The summed E-state index contributed by atoms with van der Waals surface area (Å²) in [6, 6.07) is 9.73. The van der Waals surface area contributed by atoms with E-state index in [1.807, 2.05) is 30.3 Å². The summed E-state index contributed by atoms with van der Waals surface area (Å²) >= 11 is 0. The van der Waals surface area contributed by atoms with Crippen LogP contribution in [-0.2, 0) is 16.1 Å². The molecule has 0 aromatic heterocycles. The molecule has 0 bridgehead atoms. The maximum absolute atomic E-state index is 11.0. The van der Waals surface area contributed by atoms with E-state index in [-0.39, 0.29) is 12.1 Å². The molecule has 0 aliphatic carbocycles. The van der Waals surface area contributed by atoms with Crippen LogP contribution in [0.3, 0.4) is 0 Å². The summed E-state index contributed by atoms with van der Waals surface area (Å²) in [6.45, 7) is 4.56. The van der Waals surface area contributed by atoms with E-state index in [0.29, 0.717) is 13.2 Å². The van der Waals surface area contributed by atoms with Crippen LogP contribution in [0.2, 0.25) is 0 Å². The molecule has 2 atom stereocenters. The van der Waals surface area contributed by atoms with Gasteiger partial charge in [0.25, 0.3) is 0 Å². The highest BCUT2D eigenvalue weighted by atomic mass is 16.6. The smallest absolute Gasteiger partial charge is 0.408 e. The fourth-order valence-electron chi connectivity index (χ4n) is 1.70. The second kappa shape index (κ2) is 5.50. The van der Waals surface area contributed by atoms with E-state index >= 15 is 0 Å². The lowest BCUT2D eigenvalue weighted by Gasteiger charge is -2.13. The van der Waals surface area contributed by atoms with Crippen molar-refractivity contribution in [2.45, 2.75) is 18.8 Å². The van der Waals surface area contributed by atoms with Crippen molar-refractivity contribution in [2.75, 3.05) is 6.61 Å². The van der Waals surface area contributed by atoms with E-state index < -0.39 is 6.09 Å². The lowest BCUT2D eigenvalue weighted by molar-refractivity contribution is 0.0850. The van der Waals surface area contributed by atoms with Gasteiger partial charge in [-0.05, 0) is 11.6 Å². The van der Waals surface area contributed by atoms with Crippen LogP contribution in [0.25, 0.3) is 0 Å². The molecule has 1 amide bonds. The number of hydrogen-bond acceptors (Lipinski definition) is 3. The molecule has 1 aromatic carbocycles. The molecule has 2 rings (SSSR count). The minimum atomic E-state index is -0.414. The molecule has 1 aliphatic heterocycles. The zero-order valence-corrected chi connectivity index (χ0v) is 9.46. The van der Waals surface area contributed by atoms with Gasteiger partial charge >= 0.3 is 6.09 Å². The first kappa shape index (κ1) is 11.7. The number of cyclic esters (lactones) is 1. The van der Waals surface area contributed by atoms with Gasteiger partial charge in [-0.15, -0.1) is 0 Å². The molecule has 4 nitrogen and oxygen atoms in total. The van der Waals surface area contributed by atoms with Crippen LogP contribution in [0, 0.1) is 0 Å². The van der Waals surface area contributed by atoms with Crippen LogP contribution in [0.1, 0.15) is 5.56 Å². The first-order valence-corrected chi connectivity index (χ1v) is 5.51. The van der Waals surface area contributed by atoms with Crippen molar-refractivity contribution in [1.29, 1.82) is 0 Å². The van der Waals surface area contributed by atoms with Crippen LogP contribution >= 0.6 is 0 Å². The molecule has 1 aliphatic rings. The highest BCUT2D eigenvalue weighted by Crippen LogP contribution is 2.11. The Morgan fingerprint density at radius 2 is 2.18 bits per heavy atom. The third-order valence-corrected chi connectivity index (χ3v) is 2.58. The van der Waals surface area contributed by atoms with E-state index in [9.17, 15) is 4.79 Å². The maximum atomic E-state index is 11.0. The Labute approximate surface area is 100 Å². The van der Waals surface area contributed by atoms with Crippen LogP contribution in [-0.4, -0.2) is 24.8 Å². The Hall–Kier alpha value is -1.81. The predicted molar refractivity (Wildman–Crippen MR) is 63.5 cm³/mol. The quantitative estimate of drug-likeness (QED) is 0.790. The number of carbonyl (C=O) groups is 1. The summed E-state index contributed by atoms with van der Waals surface area (Å²) in [7, 11) is 0. The van der Waals surface area contributed by atoms with Crippen LogP contribution in [0.5, 0.6) is 0 Å². The number of benzene rings is 1. The number of rotatable bonds is 5. The first-order valence-electron chi connectivity index (χ1n) is 5.51. The first-order chi connectivity index (χ1) is 8.29. The second-order valence-electron chi connectivity index (χ2n) is 3.86. The molecular weight excluding hydrogens is 218 g/mol. The van der Waals surface area contributed by atoms with Gasteiger partial charge in [0, 0.05) is 0 Å². The average Bonchev–Trinajstić information content (AvgIpc) is 2.71. The Morgan fingerprint density at radius 3 is 2.88 bits per heavy atom. The number of ether oxygens (including phenoxy) is 2. The summed E-state index contributed by atoms with van der Waals surface area (Å²) in [6.07, 6.45) is 0.885. The SMILES string of the molecule is C=C[C@H]1OC(=O)N[C@@H]1COCc1ccccc1. The van der Waals surface area contributed by atoms with Gasteiger partial charge in [0.2, 0.25) is 0 Å². The average molecular weight is 233 g/mol. The monoisotopic (exact) mass is 233 g/mol. The van der Waals surface area contributed by atoms with Crippen molar-refractivity contribution in [1.82, 2.24) is 5.32 Å². The van der Waals surface area contributed by atoms with E-state index in [0.717, 1.165) is 5.56 Å². The van der Waals surface area contributed by atoms with Gasteiger partial charge in [0.15, 0.2) is 0 Å². The molecule has 1 N–H and O–H groups in total. The Balaban J connectivity index is 1.79. The summed E-state index contributed by atoms with van der Waals surface area (Å²) in [4.78, 5) is 11.0. The van der Waals surface area contributed by atoms with Gasteiger partial charge in [-0.1, -0.05) is 36.9 Å². The van der Waals surface area contributed by atoms with Gasteiger partial charge < -0.3 is 14.8 Å². The zero-order chi connectivity index (χ0) is 12.1. The van der Waals surface area contributed by atoms with Crippen LogP contribution < -0.4 is 5.32 Å². The molecule has 90 valence electrons. The predicted octanol–water partition coefficient (Wildman–Crippen LogP) is 1.87. The van der Waals surface area contributed by atoms with Gasteiger partial charge in [-0.25, -0.2) is 4.79 Å². The van der Waals surface area contributed by atoms with E-state index in [1.165, 1.54) is 0 Å². The normalized spacial score (nSPS) is 22.9. The standard InChI is InChI=1S/C13H15NO3/c1-2-12-11(14-13(15)17-12)9-16-8-10-6-4-3-5-7-10/h2-7,11-12H,1,8-9H2,(H,14,15)/t11-,12-/m1/s1. The molecule has 0 saturated carbocycles.